The van der Waals surface area contributed by atoms with E-state index in [9.17, 15) is 29.7 Å². The van der Waals surface area contributed by atoms with Crippen molar-refractivity contribution in [3.05, 3.63) is 62.7 Å². The number of methoxy groups -OCH3 is 2. The highest BCUT2D eigenvalue weighted by Gasteiger charge is 2.61. The summed E-state index contributed by atoms with van der Waals surface area (Å²) < 4.78 is 36.9. The third kappa shape index (κ3) is 6.54. The lowest BCUT2D eigenvalue weighted by atomic mass is 9.73. The molecule has 2 amide bonds. The van der Waals surface area contributed by atoms with Crippen molar-refractivity contribution in [3.63, 3.8) is 0 Å². The number of piperazine rings is 1. The number of phenols is 2. The van der Waals surface area contributed by atoms with Gasteiger partial charge >= 0.3 is 18.0 Å². The van der Waals surface area contributed by atoms with Crippen molar-refractivity contribution < 1.29 is 58.1 Å². The molecule has 3 aromatic rings. The van der Waals surface area contributed by atoms with Crippen LogP contribution in [0.3, 0.4) is 0 Å². The Balaban J connectivity index is 1.04. The number of aromatic hydroxyl groups is 2. The van der Waals surface area contributed by atoms with Gasteiger partial charge in [0.15, 0.2) is 40.0 Å². The number of esters is 2. The number of nitrogens with zero attached hydrogens (tertiary/aromatic N) is 2. The van der Waals surface area contributed by atoms with Gasteiger partial charge in [-0.3, -0.25) is 19.9 Å². The van der Waals surface area contributed by atoms with Gasteiger partial charge in [0.25, 0.3) is 0 Å². The molecule has 0 aromatic heterocycles. The summed E-state index contributed by atoms with van der Waals surface area (Å²) in [5.74, 6) is 1.83. The van der Waals surface area contributed by atoms with Crippen molar-refractivity contribution in [1.82, 2.24) is 25.8 Å². The van der Waals surface area contributed by atoms with Gasteiger partial charge in [0.2, 0.25) is 6.79 Å². The first-order valence-electron chi connectivity index (χ1n) is 22.7. The number of fused-ring (bicyclic) bond motifs is 10. The van der Waals surface area contributed by atoms with Gasteiger partial charge in [-0.2, -0.15) is 11.8 Å². The van der Waals surface area contributed by atoms with Crippen molar-refractivity contribution in [3.8, 4) is 40.2 Å². The molecule has 9 aliphatic rings. The van der Waals surface area contributed by atoms with Gasteiger partial charge in [0, 0.05) is 58.0 Å². The van der Waals surface area contributed by atoms with E-state index in [-0.39, 0.29) is 66.2 Å². The smallest absolute Gasteiger partial charge is 0.331 e. The average Bonchev–Trinajstić information content (AvgIpc) is 4.03. The first-order valence-corrected chi connectivity index (χ1v) is 24.8. The summed E-state index contributed by atoms with van der Waals surface area (Å²) in [5, 5.41) is 45.1. The van der Waals surface area contributed by atoms with E-state index in [0.29, 0.717) is 76.6 Å². The minimum Gasteiger partial charge on any atom is -0.504 e. The van der Waals surface area contributed by atoms with Crippen LogP contribution in [0, 0.1) is 13.8 Å². The molecule has 66 heavy (non-hydrogen) atoms. The SMILES string of the molecule is COc1cc2c(cc1O)CCN[C@]21CS[C@@H]2c3c(OC(=O)CCCC[C@@H]4SCC5NC(=O)NC54)c(C)c4c(c3[C@@H](COC1=O)N1C2[C@H]2c3c(cc(C)c(OC)c3O)C[C@@H]([C@@H]1O)N2C)OCO4. The summed E-state index contributed by atoms with van der Waals surface area (Å²) in [7, 11) is 4.97. The molecule has 1 spiro atoms. The van der Waals surface area contributed by atoms with Crippen molar-refractivity contribution >= 4 is 41.5 Å². The monoisotopic (exact) mass is 945 g/mol. The fourth-order valence-corrected chi connectivity index (χ4v) is 15.5. The van der Waals surface area contributed by atoms with E-state index >= 15 is 0 Å². The Labute approximate surface area is 390 Å². The molecule has 17 nitrogen and oxygen atoms in total. The Kier molecular flexibility index (Phi) is 10.9. The van der Waals surface area contributed by atoms with Crippen LogP contribution in [0.1, 0.15) is 87.5 Å². The summed E-state index contributed by atoms with van der Waals surface area (Å²) in [6.07, 6.45) is 2.25. The molecule has 10 atom stereocenters. The van der Waals surface area contributed by atoms with Crippen LogP contribution in [0.2, 0.25) is 0 Å². The molecule has 6 N–H and O–H groups in total. The van der Waals surface area contributed by atoms with E-state index in [1.165, 1.54) is 26.0 Å². The normalized spacial score (nSPS) is 31.5. The Morgan fingerprint density at radius 1 is 0.970 bits per heavy atom. The van der Waals surface area contributed by atoms with Gasteiger partial charge < -0.3 is 54.4 Å². The fourth-order valence-electron chi connectivity index (χ4n) is 12.3. The number of carbonyl (C=O) groups excluding carboxylic acids is 3. The zero-order valence-electron chi connectivity index (χ0n) is 37.4. The quantitative estimate of drug-likeness (QED) is 0.0813. The molecule has 3 unspecified atom stereocenters. The Morgan fingerprint density at radius 2 is 1.79 bits per heavy atom. The number of unbranched alkanes of at least 4 members (excludes halogenated alkanes) is 1. The summed E-state index contributed by atoms with van der Waals surface area (Å²) in [6.45, 7) is 3.88. The fraction of sp³-hybridized carbons (Fsp3) is 0.553. The Bertz CT molecular complexity index is 2550. The van der Waals surface area contributed by atoms with E-state index in [1.807, 2.05) is 43.6 Å². The number of aryl methyl sites for hydroxylation is 1. The van der Waals surface area contributed by atoms with Crippen molar-refractivity contribution in [2.45, 2.75) is 111 Å². The zero-order chi connectivity index (χ0) is 45.9. The minimum absolute atomic E-state index is 0.0293. The highest BCUT2D eigenvalue weighted by atomic mass is 32.2. The summed E-state index contributed by atoms with van der Waals surface area (Å²) in [4.78, 5) is 45.3. The number of nitrogens with one attached hydrogen (secondary N) is 3. The molecular weight excluding hydrogens is 891 g/mol. The number of urea groups is 1. The molecule has 19 heteroatoms. The van der Waals surface area contributed by atoms with Gasteiger partial charge in [-0.1, -0.05) is 12.5 Å². The topological polar surface area (TPSA) is 210 Å². The first kappa shape index (κ1) is 43.8. The predicted octanol–water partition coefficient (Wildman–Crippen LogP) is 4.12. The molecule has 4 fully saturated rings. The van der Waals surface area contributed by atoms with Crippen molar-refractivity contribution in [2.24, 2.45) is 0 Å². The van der Waals surface area contributed by atoms with Crippen LogP contribution in [0.4, 0.5) is 4.79 Å². The number of aliphatic hydroxyl groups is 1. The number of aliphatic hydroxyl groups excluding tert-OH is 1. The number of carbonyl (C=O) groups is 3. The molecule has 12 rings (SSSR count). The molecule has 0 saturated carbocycles. The number of hydrogen-bond donors (Lipinski definition) is 6. The Morgan fingerprint density at radius 3 is 2.59 bits per heavy atom. The molecule has 4 bridgehead atoms. The van der Waals surface area contributed by atoms with Gasteiger partial charge in [-0.25, -0.2) is 9.59 Å². The third-order valence-corrected chi connectivity index (χ3v) is 18.3. The van der Waals surface area contributed by atoms with E-state index in [1.54, 1.807) is 12.1 Å². The standard InChI is InChI=1S/C47H55N5O12S2/c1-20-12-23-13-26-44(56)52-27-16-61-45(57)47(24-15-29(59-4)28(53)14-22(24)10-11-48-47)18-66-43(37(52)36(51(26)3)32(23)38(55)39(20)60-5)34-33(27)42-41(62-19-63-42)21(2)40(34)64-31(54)9-7-6-8-30-35-25(17-65-30)49-46(58)50-35/h12,14-15,25-27,30,35-37,43-44,48,53,55-56H,6-11,13,16-19H2,1-5H3,(H2,49,50,58)/t25?,26-,27+,30-,35?,36+,37?,43+,44-,47+/m0/s1. The molecule has 9 heterocycles. The van der Waals surface area contributed by atoms with Crippen LogP contribution < -0.4 is 39.6 Å². The van der Waals surface area contributed by atoms with Crippen molar-refractivity contribution in [1.29, 1.82) is 0 Å². The second-order valence-electron chi connectivity index (χ2n) is 18.7. The summed E-state index contributed by atoms with van der Waals surface area (Å²) >= 11 is 3.31. The third-order valence-electron chi connectivity index (χ3n) is 15.3. The average molecular weight is 946 g/mol. The maximum atomic E-state index is 14.9. The number of likely N-dealkylation sites (N-methyl/N-ethyl adjacent to an activating group) is 1. The Hall–Kier alpha value is -4.79. The van der Waals surface area contributed by atoms with Crippen LogP contribution >= 0.6 is 23.5 Å². The van der Waals surface area contributed by atoms with Crippen molar-refractivity contribution in [2.75, 3.05) is 52.7 Å². The predicted molar refractivity (Wildman–Crippen MR) is 243 cm³/mol. The van der Waals surface area contributed by atoms with Crippen LogP contribution in [0.5, 0.6) is 40.2 Å². The lowest BCUT2D eigenvalue weighted by Gasteiger charge is -2.62. The lowest BCUT2D eigenvalue weighted by molar-refractivity contribution is -0.186. The van der Waals surface area contributed by atoms with E-state index in [4.69, 9.17) is 28.4 Å². The molecule has 4 saturated heterocycles. The number of hydrogen-bond acceptors (Lipinski definition) is 17. The van der Waals surface area contributed by atoms with Gasteiger partial charge in [0.1, 0.15) is 18.6 Å². The maximum absolute atomic E-state index is 14.9. The molecule has 352 valence electrons. The number of phenolic OH excluding ortho intramolecular Hbond substituents is 2. The molecular formula is C47H55N5O12S2. The summed E-state index contributed by atoms with van der Waals surface area (Å²) in [6, 6.07) is 3.08. The second kappa shape index (κ2) is 16.5. The lowest BCUT2D eigenvalue weighted by Crippen LogP contribution is -2.70. The minimum atomic E-state index is -1.40. The molecule has 3 aromatic carbocycles. The van der Waals surface area contributed by atoms with Gasteiger partial charge in [0.05, 0.1) is 49.7 Å². The number of amides is 2. The van der Waals surface area contributed by atoms with Crippen LogP contribution in [-0.4, -0.2) is 131 Å². The highest BCUT2D eigenvalue weighted by Crippen LogP contribution is 2.64. The second-order valence-corrected chi connectivity index (χ2v) is 21.1. The number of thioether (sulfide) groups is 2. The molecule has 0 radical (unpaired) electrons. The first-order chi connectivity index (χ1) is 31.8. The zero-order valence-corrected chi connectivity index (χ0v) is 39.1. The van der Waals surface area contributed by atoms with Gasteiger partial charge in [-0.15, -0.1) is 11.8 Å². The van der Waals surface area contributed by atoms with Crippen LogP contribution in [0.15, 0.2) is 18.2 Å². The summed E-state index contributed by atoms with van der Waals surface area (Å²) in [5.41, 5.74) is 4.26. The molecule has 0 aliphatic carbocycles. The number of benzene rings is 3. The number of ether oxygens (including phenoxy) is 6. The largest absolute Gasteiger partial charge is 0.504 e. The molecule has 9 aliphatic heterocycles. The highest BCUT2D eigenvalue weighted by molar-refractivity contribution is 8.00. The van der Waals surface area contributed by atoms with Gasteiger partial charge in [-0.05, 0) is 81.0 Å². The maximum Gasteiger partial charge on any atom is 0.331 e. The van der Waals surface area contributed by atoms with Crippen LogP contribution in [-0.2, 0) is 32.7 Å². The van der Waals surface area contributed by atoms with E-state index < -0.39 is 53.1 Å². The number of rotatable bonds is 8. The van der Waals surface area contributed by atoms with E-state index in [0.717, 1.165) is 35.3 Å². The van der Waals surface area contributed by atoms with Crippen LogP contribution in [0.25, 0.3) is 0 Å². The van der Waals surface area contributed by atoms with E-state index in [2.05, 4.69) is 20.9 Å².